The first kappa shape index (κ1) is 11.0. The monoisotopic (exact) mass is 218 g/mol. The summed E-state index contributed by atoms with van der Waals surface area (Å²) < 4.78 is 1.99. The van der Waals surface area contributed by atoms with Crippen molar-refractivity contribution in [1.29, 1.82) is 0 Å². The van der Waals surface area contributed by atoms with E-state index in [2.05, 4.69) is 35.7 Å². The van der Waals surface area contributed by atoms with Crippen LogP contribution in [-0.4, -0.2) is 19.5 Å². The molecule has 2 heterocycles. The molecule has 1 unspecified atom stereocenters. The van der Waals surface area contributed by atoms with Crippen LogP contribution >= 0.6 is 0 Å². The minimum absolute atomic E-state index is 0.400. The zero-order valence-corrected chi connectivity index (χ0v) is 10.4. The summed E-state index contributed by atoms with van der Waals surface area (Å²) in [6.07, 6.45) is 3.78. The van der Waals surface area contributed by atoms with Crippen LogP contribution in [0.25, 0.3) is 11.2 Å². The number of fused-ring (bicyclic) bond motifs is 1. The predicted molar refractivity (Wildman–Crippen MR) is 64.4 cm³/mol. The second kappa shape index (κ2) is 4.20. The van der Waals surface area contributed by atoms with Crippen molar-refractivity contribution in [3.63, 3.8) is 0 Å². The fraction of sp³-hybridized carbons (Fsp3) is 0.583. The third-order valence-electron chi connectivity index (χ3n) is 3.05. The largest absolute Gasteiger partial charge is 0.331 e. The van der Waals surface area contributed by atoms with Crippen LogP contribution in [0.4, 0.5) is 0 Å². The van der Waals surface area contributed by atoms with Crippen molar-refractivity contribution in [2.75, 3.05) is 0 Å². The second-order valence-electron chi connectivity index (χ2n) is 4.22. The predicted octanol–water partition coefficient (Wildman–Crippen LogP) is 2.44. The van der Waals surface area contributed by atoms with Gasteiger partial charge in [-0.1, -0.05) is 20.8 Å². The summed E-state index contributed by atoms with van der Waals surface area (Å²) in [6.45, 7) is 6.43. The van der Waals surface area contributed by atoms with Gasteiger partial charge in [0.1, 0.15) is 11.3 Å². The van der Waals surface area contributed by atoms with Crippen LogP contribution in [0.15, 0.2) is 6.33 Å². The molecule has 4 heteroatoms. The van der Waals surface area contributed by atoms with Gasteiger partial charge in [-0.15, -0.1) is 0 Å². The highest BCUT2D eigenvalue weighted by Crippen LogP contribution is 2.20. The number of aromatic nitrogens is 4. The molecule has 0 fully saturated rings. The van der Waals surface area contributed by atoms with Crippen LogP contribution < -0.4 is 0 Å². The van der Waals surface area contributed by atoms with E-state index in [1.165, 1.54) is 0 Å². The van der Waals surface area contributed by atoms with Crippen molar-refractivity contribution < 1.29 is 0 Å². The Labute approximate surface area is 95.7 Å². The van der Waals surface area contributed by atoms with Crippen LogP contribution in [0.3, 0.4) is 0 Å². The summed E-state index contributed by atoms with van der Waals surface area (Å²) in [4.78, 5) is 13.5. The summed E-state index contributed by atoms with van der Waals surface area (Å²) >= 11 is 0. The molecule has 0 N–H and O–H groups in total. The topological polar surface area (TPSA) is 43.6 Å². The first-order valence-electron chi connectivity index (χ1n) is 5.85. The fourth-order valence-electron chi connectivity index (χ4n) is 1.81. The van der Waals surface area contributed by atoms with E-state index in [0.29, 0.717) is 5.92 Å². The molecule has 0 spiro atoms. The lowest BCUT2D eigenvalue weighted by Crippen LogP contribution is -2.05. The van der Waals surface area contributed by atoms with Crippen molar-refractivity contribution in [2.24, 2.45) is 7.05 Å². The Morgan fingerprint density at radius 2 is 2.06 bits per heavy atom. The van der Waals surface area contributed by atoms with Crippen LogP contribution in [0, 0.1) is 0 Å². The number of rotatable bonds is 3. The van der Waals surface area contributed by atoms with Crippen LogP contribution in [0.5, 0.6) is 0 Å². The maximum atomic E-state index is 4.65. The Morgan fingerprint density at radius 3 is 2.69 bits per heavy atom. The Kier molecular flexibility index (Phi) is 2.90. The van der Waals surface area contributed by atoms with E-state index in [1.54, 1.807) is 6.33 Å². The lowest BCUT2D eigenvalue weighted by atomic mass is 10.1. The van der Waals surface area contributed by atoms with E-state index in [0.717, 1.165) is 35.5 Å². The summed E-state index contributed by atoms with van der Waals surface area (Å²) in [5, 5.41) is 0. The van der Waals surface area contributed by atoms with E-state index in [4.69, 9.17) is 0 Å². The van der Waals surface area contributed by atoms with E-state index in [-0.39, 0.29) is 0 Å². The van der Waals surface area contributed by atoms with E-state index in [9.17, 15) is 0 Å². The van der Waals surface area contributed by atoms with Gasteiger partial charge in [-0.3, -0.25) is 0 Å². The van der Waals surface area contributed by atoms with Gasteiger partial charge in [0, 0.05) is 13.0 Å². The van der Waals surface area contributed by atoms with Gasteiger partial charge < -0.3 is 4.57 Å². The maximum Gasteiger partial charge on any atom is 0.181 e. The second-order valence-corrected chi connectivity index (χ2v) is 4.22. The van der Waals surface area contributed by atoms with Crippen LogP contribution in [0.2, 0.25) is 0 Å². The van der Waals surface area contributed by atoms with Gasteiger partial charge in [-0.2, -0.15) is 0 Å². The average Bonchev–Trinajstić information content (AvgIpc) is 2.69. The van der Waals surface area contributed by atoms with Crippen molar-refractivity contribution in [3.8, 4) is 0 Å². The zero-order chi connectivity index (χ0) is 11.7. The number of aryl methyl sites for hydroxylation is 2. The van der Waals surface area contributed by atoms with Crippen molar-refractivity contribution >= 4 is 11.2 Å². The average molecular weight is 218 g/mol. The van der Waals surface area contributed by atoms with E-state index < -0.39 is 0 Å². The summed E-state index contributed by atoms with van der Waals surface area (Å²) in [7, 11) is 1.99. The summed E-state index contributed by atoms with van der Waals surface area (Å²) in [5.41, 5.74) is 2.99. The van der Waals surface area contributed by atoms with Gasteiger partial charge in [0.15, 0.2) is 5.65 Å². The highest BCUT2D eigenvalue weighted by molar-refractivity contribution is 5.73. The molecule has 0 aliphatic heterocycles. The lowest BCUT2D eigenvalue weighted by molar-refractivity contribution is 0.675. The van der Waals surface area contributed by atoms with Gasteiger partial charge in [0.05, 0.1) is 12.0 Å². The maximum absolute atomic E-state index is 4.65. The number of nitrogens with zero attached hydrogens (tertiary/aromatic N) is 4. The first-order chi connectivity index (χ1) is 7.67. The van der Waals surface area contributed by atoms with Crippen molar-refractivity contribution in [3.05, 3.63) is 17.8 Å². The van der Waals surface area contributed by atoms with Gasteiger partial charge >= 0.3 is 0 Å². The number of hydrogen-bond donors (Lipinski definition) is 0. The molecule has 0 amide bonds. The van der Waals surface area contributed by atoms with E-state index in [1.807, 2.05) is 11.6 Å². The molecule has 0 aliphatic rings. The van der Waals surface area contributed by atoms with Gasteiger partial charge in [0.25, 0.3) is 0 Å². The number of hydrogen-bond acceptors (Lipinski definition) is 3. The van der Waals surface area contributed by atoms with Crippen LogP contribution in [-0.2, 0) is 13.5 Å². The minimum Gasteiger partial charge on any atom is -0.331 e. The molecule has 0 aliphatic carbocycles. The highest BCUT2D eigenvalue weighted by Gasteiger charge is 2.13. The molecule has 2 aromatic rings. The summed E-state index contributed by atoms with van der Waals surface area (Å²) in [5.74, 6) is 1.32. The fourth-order valence-corrected chi connectivity index (χ4v) is 1.81. The SMILES string of the molecule is CCc1nc(C(C)CC)nc2ncn(C)c12. The Morgan fingerprint density at radius 1 is 1.31 bits per heavy atom. The van der Waals surface area contributed by atoms with Gasteiger partial charge in [-0.05, 0) is 12.8 Å². The molecule has 0 saturated carbocycles. The number of imidazole rings is 1. The zero-order valence-electron chi connectivity index (χ0n) is 10.4. The minimum atomic E-state index is 0.400. The molecule has 0 aromatic carbocycles. The van der Waals surface area contributed by atoms with Gasteiger partial charge in [0.2, 0.25) is 0 Å². The molecular formula is C12H18N4. The molecule has 16 heavy (non-hydrogen) atoms. The van der Waals surface area contributed by atoms with Crippen molar-refractivity contribution in [2.45, 2.75) is 39.5 Å². The lowest BCUT2D eigenvalue weighted by Gasteiger charge is -2.09. The molecule has 2 rings (SSSR count). The quantitative estimate of drug-likeness (QED) is 0.794. The molecule has 0 saturated heterocycles. The summed E-state index contributed by atoms with van der Waals surface area (Å²) in [6, 6.07) is 0. The van der Waals surface area contributed by atoms with Crippen molar-refractivity contribution in [1.82, 2.24) is 19.5 Å². The molecule has 0 bridgehead atoms. The molecule has 86 valence electrons. The normalized spacial score (nSPS) is 13.2. The Balaban J connectivity index is 2.64. The van der Waals surface area contributed by atoms with Crippen LogP contribution in [0.1, 0.15) is 44.6 Å². The van der Waals surface area contributed by atoms with Gasteiger partial charge in [-0.25, -0.2) is 15.0 Å². The Bertz CT molecular complexity index is 501. The third-order valence-corrected chi connectivity index (χ3v) is 3.05. The Hall–Kier alpha value is -1.45. The molecule has 4 nitrogen and oxygen atoms in total. The highest BCUT2D eigenvalue weighted by atomic mass is 15.1. The smallest absolute Gasteiger partial charge is 0.181 e. The molecular weight excluding hydrogens is 200 g/mol. The molecule has 1 atom stereocenters. The third kappa shape index (κ3) is 1.68. The molecule has 2 aromatic heterocycles. The first-order valence-corrected chi connectivity index (χ1v) is 5.85. The standard InChI is InChI=1S/C12H18N4/c1-5-8(3)11-14-9(6-2)10-12(15-11)13-7-16(10)4/h7-8H,5-6H2,1-4H3. The molecule has 0 radical (unpaired) electrons. The van der Waals surface area contributed by atoms with E-state index >= 15 is 0 Å².